The number of hydrogen-bond acceptors (Lipinski definition) is 6. The Morgan fingerprint density at radius 3 is 2.74 bits per heavy atom. The van der Waals surface area contributed by atoms with Crippen molar-refractivity contribution >= 4 is 17.3 Å². The van der Waals surface area contributed by atoms with E-state index in [0.717, 1.165) is 0 Å². The number of aryl methyl sites for hydroxylation is 1. The summed E-state index contributed by atoms with van der Waals surface area (Å²) in [5.74, 6) is 2.11. The zero-order chi connectivity index (χ0) is 13.8. The Hall–Kier alpha value is -2.81. The van der Waals surface area contributed by atoms with Crippen molar-refractivity contribution < 1.29 is 4.74 Å². The summed E-state index contributed by atoms with van der Waals surface area (Å²) in [5.41, 5.74) is 6.90. The number of nitrogens with one attached hydrogen (secondary N) is 1. The monoisotopic (exact) mass is 255 g/mol. The molecule has 96 valence electrons. The van der Waals surface area contributed by atoms with E-state index in [1.165, 1.54) is 0 Å². The summed E-state index contributed by atoms with van der Waals surface area (Å²) in [6, 6.07) is 8.79. The fourth-order valence-electron chi connectivity index (χ4n) is 1.66. The molecular weight excluding hydrogens is 242 g/mol. The van der Waals surface area contributed by atoms with Crippen LogP contribution in [0.25, 0.3) is 0 Å². The third kappa shape index (κ3) is 2.90. The minimum atomic E-state index is 0.391. The van der Waals surface area contributed by atoms with Gasteiger partial charge < -0.3 is 15.8 Å². The molecule has 0 radical (unpaired) electrons. The number of nitrogen functional groups attached to an aromatic ring is 1. The van der Waals surface area contributed by atoms with Crippen LogP contribution in [0.15, 0.2) is 24.3 Å². The zero-order valence-corrected chi connectivity index (χ0v) is 10.6. The lowest BCUT2D eigenvalue weighted by Crippen LogP contribution is -2.01. The van der Waals surface area contributed by atoms with Gasteiger partial charge in [0.05, 0.1) is 24.4 Å². The lowest BCUT2D eigenvalue weighted by molar-refractivity contribution is 0.416. The number of ether oxygens (including phenoxy) is 1. The zero-order valence-electron chi connectivity index (χ0n) is 10.6. The Morgan fingerprint density at radius 2 is 2.11 bits per heavy atom. The molecule has 0 bridgehead atoms. The predicted molar refractivity (Wildman–Crippen MR) is 72.2 cm³/mol. The smallest absolute Gasteiger partial charge is 0.143 e. The van der Waals surface area contributed by atoms with Gasteiger partial charge in [0.2, 0.25) is 0 Å². The Kier molecular flexibility index (Phi) is 3.48. The molecule has 0 atom stereocenters. The van der Waals surface area contributed by atoms with Crippen LogP contribution in [0.1, 0.15) is 11.4 Å². The molecule has 19 heavy (non-hydrogen) atoms. The third-order valence-electron chi connectivity index (χ3n) is 2.45. The molecule has 1 heterocycles. The summed E-state index contributed by atoms with van der Waals surface area (Å²) in [5, 5.41) is 11.9. The molecule has 0 fully saturated rings. The number of nitrogens with two attached hydrogens (primary N) is 1. The van der Waals surface area contributed by atoms with E-state index in [2.05, 4.69) is 21.4 Å². The molecule has 2 aromatic rings. The quantitative estimate of drug-likeness (QED) is 0.870. The first kappa shape index (κ1) is 12.6. The van der Waals surface area contributed by atoms with Crippen molar-refractivity contribution in [3.05, 3.63) is 35.7 Å². The topological polar surface area (TPSA) is 96.8 Å². The molecule has 0 saturated heterocycles. The largest absolute Gasteiger partial charge is 0.495 e. The summed E-state index contributed by atoms with van der Waals surface area (Å²) in [4.78, 5) is 8.22. The van der Waals surface area contributed by atoms with Crippen molar-refractivity contribution in [1.29, 1.82) is 5.26 Å². The number of benzene rings is 1. The fraction of sp³-hybridized carbons (Fsp3) is 0.154. The van der Waals surface area contributed by atoms with E-state index in [9.17, 15) is 0 Å². The van der Waals surface area contributed by atoms with Gasteiger partial charge in [0.15, 0.2) is 0 Å². The Morgan fingerprint density at radius 1 is 1.32 bits per heavy atom. The average molecular weight is 255 g/mol. The highest BCUT2D eigenvalue weighted by molar-refractivity contribution is 5.66. The van der Waals surface area contributed by atoms with E-state index in [1.807, 2.05) is 0 Å². The van der Waals surface area contributed by atoms with Gasteiger partial charge >= 0.3 is 0 Å². The van der Waals surface area contributed by atoms with Crippen LogP contribution in [-0.4, -0.2) is 17.1 Å². The van der Waals surface area contributed by atoms with E-state index >= 15 is 0 Å². The third-order valence-corrected chi connectivity index (χ3v) is 2.45. The van der Waals surface area contributed by atoms with Gasteiger partial charge in [-0.2, -0.15) is 5.26 Å². The summed E-state index contributed by atoms with van der Waals surface area (Å²) < 4.78 is 5.23. The van der Waals surface area contributed by atoms with Crippen molar-refractivity contribution in [2.75, 3.05) is 18.2 Å². The van der Waals surface area contributed by atoms with Gasteiger partial charge in [0, 0.05) is 12.1 Å². The summed E-state index contributed by atoms with van der Waals surface area (Å²) in [7, 11) is 1.54. The van der Waals surface area contributed by atoms with Gasteiger partial charge in [-0.3, -0.25) is 0 Å². The lowest BCUT2D eigenvalue weighted by Gasteiger charge is -2.11. The normalized spacial score (nSPS) is 9.74. The Balaban J connectivity index is 2.35. The Bertz CT molecular complexity index is 628. The van der Waals surface area contributed by atoms with Crippen LogP contribution in [0, 0.1) is 18.3 Å². The number of methoxy groups -OCH3 is 1. The average Bonchev–Trinajstić information content (AvgIpc) is 2.38. The number of rotatable bonds is 3. The SMILES string of the molecule is COc1cc(C#N)ccc1Nc1cc(N)nc(C)n1. The number of nitriles is 1. The van der Waals surface area contributed by atoms with Gasteiger partial charge in [-0.05, 0) is 19.1 Å². The first-order valence-corrected chi connectivity index (χ1v) is 5.58. The molecule has 0 amide bonds. The van der Waals surface area contributed by atoms with E-state index in [1.54, 1.807) is 38.3 Å². The fourth-order valence-corrected chi connectivity index (χ4v) is 1.66. The molecule has 6 heteroatoms. The summed E-state index contributed by atoms with van der Waals surface area (Å²) >= 11 is 0. The molecule has 0 aliphatic rings. The van der Waals surface area contributed by atoms with E-state index < -0.39 is 0 Å². The molecule has 0 spiro atoms. The number of aromatic nitrogens is 2. The molecule has 6 nitrogen and oxygen atoms in total. The minimum absolute atomic E-state index is 0.391. The lowest BCUT2D eigenvalue weighted by atomic mass is 10.2. The second kappa shape index (κ2) is 5.23. The van der Waals surface area contributed by atoms with Crippen LogP contribution < -0.4 is 15.8 Å². The number of anilines is 3. The van der Waals surface area contributed by atoms with Crippen LogP contribution in [0.3, 0.4) is 0 Å². The van der Waals surface area contributed by atoms with Crippen molar-refractivity contribution in [2.24, 2.45) is 0 Å². The van der Waals surface area contributed by atoms with Crippen molar-refractivity contribution in [1.82, 2.24) is 9.97 Å². The molecule has 1 aromatic carbocycles. The molecule has 0 unspecified atom stereocenters. The highest BCUT2D eigenvalue weighted by atomic mass is 16.5. The van der Waals surface area contributed by atoms with Crippen LogP contribution in [0.2, 0.25) is 0 Å². The first-order chi connectivity index (χ1) is 9.12. The molecule has 1 aromatic heterocycles. The minimum Gasteiger partial charge on any atom is -0.495 e. The summed E-state index contributed by atoms with van der Waals surface area (Å²) in [6.45, 7) is 1.76. The van der Waals surface area contributed by atoms with Gasteiger partial charge in [-0.25, -0.2) is 9.97 Å². The molecule has 0 aliphatic carbocycles. The van der Waals surface area contributed by atoms with Gasteiger partial charge in [-0.1, -0.05) is 0 Å². The summed E-state index contributed by atoms with van der Waals surface area (Å²) in [6.07, 6.45) is 0. The van der Waals surface area contributed by atoms with E-state index in [4.69, 9.17) is 15.7 Å². The van der Waals surface area contributed by atoms with Crippen molar-refractivity contribution in [3.63, 3.8) is 0 Å². The predicted octanol–water partition coefficient (Wildman–Crippen LogP) is 1.99. The number of nitrogens with zero attached hydrogens (tertiary/aromatic N) is 3. The second-order valence-electron chi connectivity index (χ2n) is 3.88. The first-order valence-electron chi connectivity index (χ1n) is 5.58. The van der Waals surface area contributed by atoms with E-state index in [-0.39, 0.29) is 0 Å². The Labute approximate surface area is 110 Å². The van der Waals surface area contributed by atoms with Crippen LogP contribution in [-0.2, 0) is 0 Å². The van der Waals surface area contributed by atoms with Gasteiger partial charge in [0.25, 0.3) is 0 Å². The molecule has 3 N–H and O–H groups in total. The highest BCUT2D eigenvalue weighted by Gasteiger charge is 2.06. The van der Waals surface area contributed by atoms with E-state index in [0.29, 0.717) is 34.5 Å². The standard InChI is InChI=1S/C13H13N5O/c1-8-16-12(15)6-13(17-8)18-10-4-3-9(7-14)5-11(10)19-2/h3-6H,1-2H3,(H3,15,16,17,18). The second-order valence-corrected chi connectivity index (χ2v) is 3.88. The maximum absolute atomic E-state index is 8.85. The van der Waals surface area contributed by atoms with Crippen LogP contribution in [0.5, 0.6) is 5.75 Å². The van der Waals surface area contributed by atoms with Crippen molar-refractivity contribution in [2.45, 2.75) is 6.92 Å². The molecule has 0 saturated carbocycles. The molecule has 0 aliphatic heterocycles. The van der Waals surface area contributed by atoms with Crippen LogP contribution >= 0.6 is 0 Å². The number of hydrogen-bond donors (Lipinski definition) is 2. The highest BCUT2D eigenvalue weighted by Crippen LogP contribution is 2.28. The maximum Gasteiger partial charge on any atom is 0.143 e. The van der Waals surface area contributed by atoms with Crippen LogP contribution in [0.4, 0.5) is 17.3 Å². The molecular formula is C13H13N5O. The van der Waals surface area contributed by atoms with Gasteiger partial charge in [-0.15, -0.1) is 0 Å². The molecule has 2 rings (SSSR count). The maximum atomic E-state index is 8.85. The van der Waals surface area contributed by atoms with Crippen molar-refractivity contribution in [3.8, 4) is 11.8 Å². The van der Waals surface area contributed by atoms with Gasteiger partial charge in [0.1, 0.15) is 23.2 Å².